The molecule has 1 fully saturated rings. The molecule has 0 N–H and O–H groups in total. The normalized spacial score (nSPS) is 15.3. The zero-order valence-electron chi connectivity index (χ0n) is 17.8. The number of rotatable bonds is 8. The molecular weight excluding hydrogens is 436 g/mol. The van der Waals surface area contributed by atoms with Crippen LogP contribution in [-0.4, -0.2) is 56.8 Å². The Morgan fingerprint density at radius 3 is 2.42 bits per heavy atom. The summed E-state index contributed by atoms with van der Waals surface area (Å²) >= 11 is 6.24. The average Bonchev–Trinajstić information content (AvgIpc) is 3.07. The third-order valence-corrected chi connectivity index (χ3v) is 7.74. The van der Waals surface area contributed by atoms with E-state index in [2.05, 4.69) is 0 Å². The Balaban J connectivity index is 1.64. The minimum Gasteiger partial charge on any atom is -0.494 e. The second-order valence-corrected chi connectivity index (χ2v) is 10.0. The Kier molecular flexibility index (Phi) is 8.35. The molecule has 0 aromatic heterocycles. The molecule has 0 atom stereocenters. The van der Waals surface area contributed by atoms with Gasteiger partial charge in [0.05, 0.1) is 11.6 Å². The summed E-state index contributed by atoms with van der Waals surface area (Å²) in [5.41, 5.74) is 0.310. The topological polar surface area (TPSA) is 66.9 Å². The van der Waals surface area contributed by atoms with Crippen molar-refractivity contribution in [2.75, 3.05) is 33.3 Å². The van der Waals surface area contributed by atoms with E-state index in [-0.39, 0.29) is 15.8 Å². The lowest BCUT2D eigenvalue weighted by Crippen LogP contribution is -2.33. The van der Waals surface area contributed by atoms with Crippen LogP contribution in [0.2, 0.25) is 5.02 Å². The molecule has 0 bridgehead atoms. The number of amides is 1. The number of benzene rings is 2. The predicted octanol–water partition coefficient (Wildman–Crippen LogP) is 4.45. The predicted molar refractivity (Wildman–Crippen MR) is 122 cm³/mol. The van der Waals surface area contributed by atoms with Gasteiger partial charge in [0.1, 0.15) is 10.6 Å². The van der Waals surface area contributed by atoms with E-state index in [1.165, 1.54) is 16.4 Å². The van der Waals surface area contributed by atoms with Crippen LogP contribution in [-0.2, 0) is 10.0 Å². The number of carbonyl (C=O) groups is 1. The zero-order valence-corrected chi connectivity index (χ0v) is 19.4. The fraction of sp³-hybridized carbons (Fsp3) is 0.435. The maximum atomic E-state index is 13.2. The van der Waals surface area contributed by atoms with Gasteiger partial charge in [0.2, 0.25) is 10.0 Å². The Labute approximate surface area is 189 Å². The summed E-state index contributed by atoms with van der Waals surface area (Å²) in [6, 6.07) is 14.0. The van der Waals surface area contributed by atoms with E-state index in [0.29, 0.717) is 38.2 Å². The van der Waals surface area contributed by atoms with Crippen LogP contribution in [0, 0.1) is 0 Å². The number of halogens is 1. The molecule has 168 valence electrons. The second-order valence-electron chi connectivity index (χ2n) is 7.71. The lowest BCUT2D eigenvalue weighted by atomic mass is 10.2. The fourth-order valence-corrected chi connectivity index (χ4v) is 5.60. The minimum absolute atomic E-state index is 0.00253. The Hall–Kier alpha value is -2.09. The molecule has 1 saturated heterocycles. The average molecular weight is 465 g/mol. The molecule has 1 aliphatic heterocycles. The van der Waals surface area contributed by atoms with Gasteiger partial charge in [-0.3, -0.25) is 4.79 Å². The van der Waals surface area contributed by atoms with E-state index < -0.39 is 10.0 Å². The lowest BCUT2D eigenvalue weighted by Gasteiger charge is -2.22. The number of hydrogen-bond donors (Lipinski definition) is 0. The number of nitrogens with zero attached hydrogens (tertiary/aromatic N) is 2. The third-order valence-electron chi connectivity index (χ3n) is 5.36. The standard InChI is InChI=1S/C23H29ClN2O4S/c1-25(14-9-17-30-20-10-5-4-6-11-20)23(27)19-12-13-21(24)22(18-19)31(28,29)26-15-7-2-3-8-16-26/h4-6,10-13,18H,2-3,7-9,14-17H2,1H3. The molecule has 0 saturated carbocycles. The van der Waals surface area contributed by atoms with Crippen LogP contribution in [0.5, 0.6) is 5.75 Å². The largest absolute Gasteiger partial charge is 0.494 e. The van der Waals surface area contributed by atoms with Crippen LogP contribution in [0.1, 0.15) is 42.5 Å². The number of ether oxygens (including phenoxy) is 1. The van der Waals surface area contributed by atoms with Crippen molar-refractivity contribution in [3.63, 3.8) is 0 Å². The first-order chi connectivity index (χ1) is 14.9. The maximum absolute atomic E-state index is 13.2. The first-order valence-electron chi connectivity index (χ1n) is 10.6. The van der Waals surface area contributed by atoms with Gasteiger partial charge >= 0.3 is 0 Å². The highest BCUT2D eigenvalue weighted by Crippen LogP contribution is 2.28. The first kappa shape index (κ1) is 23.6. The third kappa shape index (κ3) is 6.21. The number of para-hydroxylation sites is 1. The van der Waals surface area contributed by atoms with Crippen LogP contribution in [0.15, 0.2) is 53.4 Å². The van der Waals surface area contributed by atoms with Crippen molar-refractivity contribution in [2.45, 2.75) is 37.0 Å². The first-order valence-corrected chi connectivity index (χ1v) is 12.4. The van der Waals surface area contributed by atoms with Crippen molar-refractivity contribution in [1.82, 2.24) is 9.21 Å². The Morgan fingerprint density at radius 1 is 1.06 bits per heavy atom. The summed E-state index contributed by atoms with van der Waals surface area (Å²) in [4.78, 5) is 14.4. The van der Waals surface area contributed by atoms with Gasteiger partial charge in [-0.15, -0.1) is 0 Å². The van der Waals surface area contributed by atoms with Crippen LogP contribution in [0.3, 0.4) is 0 Å². The van der Waals surface area contributed by atoms with Gasteiger partial charge in [-0.25, -0.2) is 8.42 Å². The van der Waals surface area contributed by atoms with Gasteiger partial charge < -0.3 is 9.64 Å². The Bertz CT molecular complexity index is 974. The summed E-state index contributed by atoms with van der Waals surface area (Å²) < 4.78 is 33.4. The lowest BCUT2D eigenvalue weighted by molar-refractivity contribution is 0.0787. The number of hydrogen-bond acceptors (Lipinski definition) is 4. The molecule has 3 rings (SSSR count). The van der Waals surface area contributed by atoms with E-state index in [1.54, 1.807) is 18.0 Å². The van der Waals surface area contributed by atoms with Crippen molar-refractivity contribution < 1.29 is 17.9 Å². The van der Waals surface area contributed by atoms with Gasteiger partial charge in [-0.05, 0) is 49.6 Å². The number of sulfonamides is 1. The maximum Gasteiger partial charge on any atom is 0.253 e. The fourth-order valence-electron chi connectivity index (χ4n) is 3.59. The summed E-state index contributed by atoms with van der Waals surface area (Å²) in [7, 11) is -2.04. The summed E-state index contributed by atoms with van der Waals surface area (Å²) in [6.07, 6.45) is 4.38. The van der Waals surface area contributed by atoms with Crippen LogP contribution in [0.4, 0.5) is 0 Å². The molecule has 8 heteroatoms. The van der Waals surface area contributed by atoms with Crippen molar-refractivity contribution >= 4 is 27.5 Å². The number of carbonyl (C=O) groups excluding carboxylic acids is 1. The molecule has 1 heterocycles. The summed E-state index contributed by atoms with van der Waals surface area (Å²) in [5.74, 6) is 0.543. The quantitative estimate of drug-likeness (QED) is 0.541. The molecule has 0 unspecified atom stereocenters. The van der Waals surface area contributed by atoms with Crippen molar-refractivity contribution in [2.24, 2.45) is 0 Å². The zero-order chi connectivity index (χ0) is 22.3. The van der Waals surface area contributed by atoms with E-state index in [9.17, 15) is 13.2 Å². The highest BCUT2D eigenvalue weighted by molar-refractivity contribution is 7.89. The molecule has 2 aromatic rings. The van der Waals surface area contributed by atoms with Crippen molar-refractivity contribution in [3.05, 3.63) is 59.1 Å². The molecule has 2 aromatic carbocycles. The van der Waals surface area contributed by atoms with Gasteiger partial charge in [-0.1, -0.05) is 42.6 Å². The Morgan fingerprint density at radius 2 is 1.74 bits per heavy atom. The SMILES string of the molecule is CN(CCCOc1ccccc1)C(=O)c1ccc(Cl)c(S(=O)(=O)N2CCCCCC2)c1. The summed E-state index contributed by atoms with van der Waals surface area (Å²) in [6.45, 7) is 1.94. The molecule has 0 spiro atoms. The van der Waals surface area contributed by atoms with Crippen molar-refractivity contribution in [1.29, 1.82) is 0 Å². The van der Waals surface area contributed by atoms with Crippen LogP contribution < -0.4 is 4.74 Å². The molecule has 0 aliphatic carbocycles. The van der Waals surface area contributed by atoms with Gasteiger partial charge in [0.15, 0.2) is 0 Å². The van der Waals surface area contributed by atoms with E-state index in [4.69, 9.17) is 16.3 Å². The smallest absolute Gasteiger partial charge is 0.253 e. The van der Waals surface area contributed by atoms with Crippen LogP contribution >= 0.6 is 11.6 Å². The van der Waals surface area contributed by atoms with E-state index in [1.807, 2.05) is 30.3 Å². The van der Waals surface area contributed by atoms with E-state index >= 15 is 0 Å². The molecule has 0 radical (unpaired) electrons. The molecule has 31 heavy (non-hydrogen) atoms. The molecular formula is C23H29ClN2O4S. The second kappa shape index (κ2) is 11.0. The molecule has 6 nitrogen and oxygen atoms in total. The molecule has 1 aliphatic rings. The highest BCUT2D eigenvalue weighted by atomic mass is 35.5. The van der Waals surface area contributed by atoms with Gasteiger partial charge in [0.25, 0.3) is 5.91 Å². The van der Waals surface area contributed by atoms with E-state index in [0.717, 1.165) is 31.4 Å². The van der Waals surface area contributed by atoms with Gasteiger partial charge in [0, 0.05) is 32.2 Å². The summed E-state index contributed by atoms with van der Waals surface area (Å²) in [5, 5.41) is 0.139. The van der Waals surface area contributed by atoms with Gasteiger partial charge in [-0.2, -0.15) is 4.31 Å². The molecule has 1 amide bonds. The van der Waals surface area contributed by atoms with Crippen LogP contribution in [0.25, 0.3) is 0 Å². The van der Waals surface area contributed by atoms with Crippen molar-refractivity contribution in [3.8, 4) is 5.75 Å². The minimum atomic E-state index is -3.74. The highest BCUT2D eigenvalue weighted by Gasteiger charge is 2.28. The monoisotopic (exact) mass is 464 g/mol.